The van der Waals surface area contributed by atoms with E-state index in [0.29, 0.717) is 11.8 Å². The minimum absolute atomic E-state index is 0.345. The fourth-order valence-corrected chi connectivity index (χ4v) is 3.74. The zero-order valence-corrected chi connectivity index (χ0v) is 14.2. The first-order valence-corrected chi connectivity index (χ1v) is 9.06. The first-order chi connectivity index (χ1) is 12.9. The van der Waals surface area contributed by atoms with Crippen molar-refractivity contribution in [2.75, 3.05) is 18.0 Å². The van der Waals surface area contributed by atoms with Gasteiger partial charge in [-0.25, -0.2) is 19.9 Å². The van der Waals surface area contributed by atoms with Crippen LogP contribution < -0.4 is 4.90 Å². The van der Waals surface area contributed by atoms with Gasteiger partial charge in [0, 0.05) is 30.9 Å². The lowest BCUT2D eigenvalue weighted by Crippen LogP contribution is -2.46. The van der Waals surface area contributed by atoms with Gasteiger partial charge >= 0.3 is 0 Å². The molecular formula is C20H17N5O. The lowest BCUT2D eigenvalue weighted by atomic mass is 9.99. The van der Waals surface area contributed by atoms with E-state index in [9.17, 15) is 0 Å². The molecular weight excluding hydrogens is 326 g/mol. The van der Waals surface area contributed by atoms with Crippen molar-refractivity contribution < 1.29 is 4.42 Å². The monoisotopic (exact) mass is 343 g/mol. The SMILES string of the molecule is c1ccc2c(c1)oc1c(N3CC(c4ncc(C5CC5)cn4)C3)ncnc12. The third-order valence-electron chi connectivity index (χ3n) is 5.43. The number of benzene rings is 1. The highest BCUT2D eigenvalue weighted by atomic mass is 16.3. The van der Waals surface area contributed by atoms with E-state index >= 15 is 0 Å². The van der Waals surface area contributed by atoms with Crippen molar-refractivity contribution in [1.29, 1.82) is 0 Å². The molecule has 26 heavy (non-hydrogen) atoms. The molecule has 6 nitrogen and oxygen atoms in total. The summed E-state index contributed by atoms with van der Waals surface area (Å²) in [4.78, 5) is 20.3. The second-order valence-electron chi connectivity index (χ2n) is 7.22. The quantitative estimate of drug-likeness (QED) is 0.566. The Hall–Kier alpha value is -3.02. The molecule has 128 valence electrons. The van der Waals surface area contributed by atoms with Gasteiger partial charge in [-0.1, -0.05) is 12.1 Å². The molecule has 0 bridgehead atoms. The molecule has 1 aliphatic carbocycles. The van der Waals surface area contributed by atoms with Gasteiger partial charge in [-0.15, -0.1) is 0 Å². The van der Waals surface area contributed by atoms with Crippen molar-refractivity contribution >= 4 is 27.9 Å². The van der Waals surface area contributed by atoms with Crippen LogP contribution in [0.5, 0.6) is 0 Å². The maximum Gasteiger partial charge on any atom is 0.196 e. The van der Waals surface area contributed by atoms with Gasteiger partial charge in [0.2, 0.25) is 0 Å². The Morgan fingerprint density at radius 1 is 0.923 bits per heavy atom. The number of rotatable bonds is 3. The molecule has 0 amide bonds. The molecule has 0 unspecified atom stereocenters. The largest absolute Gasteiger partial charge is 0.450 e. The summed E-state index contributed by atoms with van der Waals surface area (Å²) in [7, 11) is 0. The second-order valence-corrected chi connectivity index (χ2v) is 7.22. The maximum absolute atomic E-state index is 6.03. The number of anilines is 1. The van der Waals surface area contributed by atoms with Gasteiger partial charge in [0.05, 0.1) is 5.92 Å². The van der Waals surface area contributed by atoms with Crippen LogP contribution in [0, 0.1) is 0 Å². The lowest BCUT2D eigenvalue weighted by molar-refractivity contribution is 0.493. The Kier molecular flexibility index (Phi) is 2.86. The van der Waals surface area contributed by atoms with E-state index in [-0.39, 0.29) is 0 Å². The maximum atomic E-state index is 6.03. The predicted molar refractivity (Wildman–Crippen MR) is 98.3 cm³/mol. The van der Waals surface area contributed by atoms with Gasteiger partial charge in [0.25, 0.3) is 0 Å². The summed E-state index contributed by atoms with van der Waals surface area (Å²) in [6.07, 6.45) is 8.19. The van der Waals surface area contributed by atoms with Crippen molar-refractivity contribution in [3.05, 3.63) is 54.4 Å². The minimum Gasteiger partial charge on any atom is -0.450 e. The fraction of sp³-hybridized carbons (Fsp3) is 0.300. The summed E-state index contributed by atoms with van der Waals surface area (Å²) in [5.41, 5.74) is 3.77. The molecule has 6 heteroatoms. The summed E-state index contributed by atoms with van der Waals surface area (Å²) >= 11 is 0. The number of aromatic nitrogens is 4. The molecule has 2 fully saturated rings. The van der Waals surface area contributed by atoms with Gasteiger partial charge in [0.1, 0.15) is 23.3 Å². The second kappa shape index (κ2) is 5.24. The summed E-state index contributed by atoms with van der Waals surface area (Å²) in [5.74, 6) is 2.83. The fourth-order valence-electron chi connectivity index (χ4n) is 3.74. The standard InChI is InChI=1S/C20H17N5O/c1-2-4-16-15(3-1)17-18(26-16)20(24-11-23-17)25-9-14(10-25)19-21-7-13(8-22-19)12-5-6-12/h1-4,7-8,11-12,14H,5-6,9-10H2. The van der Waals surface area contributed by atoms with E-state index in [4.69, 9.17) is 4.42 Å². The normalized spacial score (nSPS) is 17.8. The highest BCUT2D eigenvalue weighted by Gasteiger charge is 2.34. The summed E-state index contributed by atoms with van der Waals surface area (Å²) in [6.45, 7) is 1.71. The highest BCUT2D eigenvalue weighted by molar-refractivity contribution is 6.05. The smallest absolute Gasteiger partial charge is 0.196 e. The van der Waals surface area contributed by atoms with E-state index in [2.05, 4.69) is 24.8 Å². The zero-order chi connectivity index (χ0) is 17.1. The lowest BCUT2D eigenvalue weighted by Gasteiger charge is -2.38. The average Bonchev–Trinajstić information content (AvgIpc) is 3.42. The summed E-state index contributed by atoms with van der Waals surface area (Å²) in [5, 5.41) is 1.03. The van der Waals surface area contributed by atoms with Crippen LogP contribution in [-0.2, 0) is 0 Å². The first kappa shape index (κ1) is 14.2. The third-order valence-corrected chi connectivity index (χ3v) is 5.43. The number of nitrogens with zero attached hydrogens (tertiary/aromatic N) is 5. The van der Waals surface area contributed by atoms with Crippen molar-refractivity contribution in [1.82, 2.24) is 19.9 Å². The van der Waals surface area contributed by atoms with Crippen LogP contribution in [0.15, 0.2) is 47.4 Å². The molecule has 0 spiro atoms. The van der Waals surface area contributed by atoms with Crippen LogP contribution in [0.1, 0.15) is 36.1 Å². The Bertz CT molecular complexity index is 1110. The Morgan fingerprint density at radius 3 is 2.54 bits per heavy atom. The van der Waals surface area contributed by atoms with Crippen LogP contribution in [0.3, 0.4) is 0 Å². The van der Waals surface area contributed by atoms with Gasteiger partial charge in [-0.3, -0.25) is 0 Å². The number of furan rings is 1. The number of para-hydroxylation sites is 1. The molecule has 1 aromatic carbocycles. The summed E-state index contributed by atoms with van der Waals surface area (Å²) in [6, 6.07) is 7.97. The summed E-state index contributed by atoms with van der Waals surface area (Å²) < 4.78 is 6.03. The van der Waals surface area contributed by atoms with Crippen LogP contribution >= 0.6 is 0 Å². The van der Waals surface area contributed by atoms with E-state index in [1.165, 1.54) is 18.4 Å². The Morgan fingerprint density at radius 2 is 1.73 bits per heavy atom. The van der Waals surface area contributed by atoms with Gasteiger partial charge in [-0.05, 0) is 36.5 Å². The minimum atomic E-state index is 0.345. The van der Waals surface area contributed by atoms with Gasteiger partial charge in [0.15, 0.2) is 11.4 Å². The first-order valence-electron chi connectivity index (χ1n) is 9.06. The van der Waals surface area contributed by atoms with Crippen LogP contribution in [0.25, 0.3) is 22.1 Å². The molecule has 1 saturated heterocycles. The highest BCUT2D eigenvalue weighted by Crippen LogP contribution is 2.40. The molecule has 4 aromatic rings. The molecule has 1 aliphatic heterocycles. The molecule has 0 N–H and O–H groups in total. The van der Waals surface area contributed by atoms with E-state index in [0.717, 1.165) is 46.8 Å². The molecule has 2 aliphatic rings. The molecule has 1 saturated carbocycles. The topological polar surface area (TPSA) is 67.9 Å². The molecule has 3 aromatic heterocycles. The predicted octanol–water partition coefficient (Wildman–Crippen LogP) is 3.65. The van der Waals surface area contributed by atoms with E-state index in [1.807, 2.05) is 36.7 Å². The Balaban J connectivity index is 1.28. The third kappa shape index (κ3) is 2.11. The molecule has 4 heterocycles. The van der Waals surface area contributed by atoms with E-state index < -0.39 is 0 Å². The Labute approximate surface area is 149 Å². The zero-order valence-electron chi connectivity index (χ0n) is 14.2. The number of hydrogen-bond donors (Lipinski definition) is 0. The van der Waals surface area contributed by atoms with Crippen molar-refractivity contribution in [3.63, 3.8) is 0 Å². The molecule has 0 radical (unpaired) electrons. The molecule has 0 atom stereocenters. The number of hydrogen-bond acceptors (Lipinski definition) is 6. The van der Waals surface area contributed by atoms with Crippen LogP contribution in [-0.4, -0.2) is 33.0 Å². The van der Waals surface area contributed by atoms with Gasteiger partial charge in [-0.2, -0.15) is 0 Å². The van der Waals surface area contributed by atoms with E-state index in [1.54, 1.807) is 6.33 Å². The van der Waals surface area contributed by atoms with Crippen LogP contribution in [0.4, 0.5) is 5.82 Å². The average molecular weight is 343 g/mol. The van der Waals surface area contributed by atoms with Crippen LogP contribution in [0.2, 0.25) is 0 Å². The van der Waals surface area contributed by atoms with Crippen molar-refractivity contribution in [2.45, 2.75) is 24.7 Å². The molecule has 6 rings (SSSR count). The number of fused-ring (bicyclic) bond motifs is 3. The van der Waals surface area contributed by atoms with Crippen molar-refractivity contribution in [2.24, 2.45) is 0 Å². The van der Waals surface area contributed by atoms with Crippen molar-refractivity contribution in [3.8, 4) is 0 Å². The van der Waals surface area contributed by atoms with Gasteiger partial charge < -0.3 is 9.32 Å².